The predicted octanol–water partition coefficient (Wildman–Crippen LogP) is 3.82. The molecule has 0 aliphatic heterocycles. The maximum atomic E-state index is 6.00. The second-order valence-electron chi connectivity index (χ2n) is 5.97. The third-order valence-corrected chi connectivity index (χ3v) is 3.57. The van der Waals surface area contributed by atoms with Gasteiger partial charge < -0.3 is 16.0 Å². The van der Waals surface area contributed by atoms with E-state index in [4.69, 9.17) is 5.73 Å². The SMILES string of the molecule is CC(C)c1cccc(NC(N)=NCc2ncccc2N(C)C)c1.I. The van der Waals surface area contributed by atoms with Crippen molar-refractivity contribution in [2.45, 2.75) is 26.3 Å². The quantitative estimate of drug-likeness (QED) is 0.423. The number of aliphatic imine (C=N–C) groups is 1. The van der Waals surface area contributed by atoms with Gasteiger partial charge in [-0.05, 0) is 35.7 Å². The van der Waals surface area contributed by atoms with Crippen LogP contribution in [-0.4, -0.2) is 25.0 Å². The van der Waals surface area contributed by atoms with Crippen molar-refractivity contribution in [3.63, 3.8) is 0 Å². The Hall–Kier alpha value is -1.83. The molecule has 0 saturated carbocycles. The lowest BCUT2D eigenvalue weighted by Gasteiger charge is -2.15. The lowest BCUT2D eigenvalue weighted by Crippen LogP contribution is -2.23. The standard InChI is InChI=1S/C18H25N5.HI/c1-13(2)14-7-5-8-15(11-14)22-18(19)21-12-16-17(23(3)4)9-6-10-20-16;/h5-11,13H,12H2,1-4H3,(H3,19,21,22);1H. The lowest BCUT2D eigenvalue weighted by atomic mass is 10.0. The summed E-state index contributed by atoms with van der Waals surface area (Å²) in [6.07, 6.45) is 1.77. The third kappa shape index (κ3) is 5.67. The van der Waals surface area contributed by atoms with Gasteiger partial charge in [-0.3, -0.25) is 4.98 Å². The van der Waals surface area contributed by atoms with Crippen molar-refractivity contribution in [1.82, 2.24) is 4.98 Å². The molecule has 130 valence electrons. The first-order chi connectivity index (χ1) is 11.0. The molecule has 0 bridgehead atoms. The summed E-state index contributed by atoms with van der Waals surface area (Å²) in [5.74, 6) is 0.868. The van der Waals surface area contributed by atoms with Crippen LogP contribution in [0, 0.1) is 0 Å². The predicted molar refractivity (Wildman–Crippen MR) is 113 cm³/mol. The first-order valence-corrected chi connectivity index (χ1v) is 7.75. The molecular weight excluding hydrogens is 413 g/mol. The van der Waals surface area contributed by atoms with Crippen molar-refractivity contribution in [1.29, 1.82) is 0 Å². The second kappa shape index (κ2) is 9.46. The van der Waals surface area contributed by atoms with Gasteiger partial charge in [0.05, 0.1) is 17.9 Å². The zero-order valence-electron chi connectivity index (χ0n) is 14.7. The summed E-state index contributed by atoms with van der Waals surface area (Å²) in [5.41, 5.74) is 10.2. The first kappa shape index (κ1) is 20.2. The number of guanidine groups is 1. The topological polar surface area (TPSA) is 66.5 Å². The minimum absolute atomic E-state index is 0. The molecule has 0 radical (unpaired) electrons. The smallest absolute Gasteiger partial charge is 0.193 e. The van der Waals surface area contributed by atoms with Gasteiger partial charge in [0, 0.05) is 26.0 Å². The summed E-state index contributed by atoms with van der Waals surface area (Å²) >= 11 is 0. The van der Waals surface area contributed by atoms with E-state index in [1.54, 1.807) is 6.20 Å². The zero-order chi connectivity index (χ0) is 16.8. The van der Waals surface area contributed by atoms with E-state index in [1.807, 2.05) is 43.3 Å². The molecule has 0 aliphatic carbocycles. The van der Waals surface area contributed by atoms with Crippen LogP contribution < -0.4 is 16.0 Å². The normalized spacial score (nSPS) is 11.1. The fraction of sp³-hybridized carbons (Fsp3) is 0.333. The fourth-order valence-corrected chi connectivity index (χ4v) is 2.28. The third-order valence-electron chi connectivity index (χ3n) is 3.57. The van der Waals surface area contributed by atoms with E-state index in [2.05, 4.69) is 41.3 Å². The van der Waals surface area contributed by atoms with Crippen LogP contribution in [0.3, 0.4) is 0 Å². The van der Waals surface area contributed by atoms with Crippen molar-refractivity contribution in [2.24, 2.45) is 10.7 Å². The molecule has 1 aromatic heterocycles. The maximum Gasteiger partial charge on any atom is 0.193 e. The summed E-state index contributed by atoms with van der Waals surface area (Å²) in [5, 5.41) is 3.14. The molecule has 2 aromatic rings. The summed E-state index contributed by atoms with van der Waals surface area (Å²) in [7, 11) is 3.98. The van der Waals surface area contributed by atoms with Crippen LogP contribution in [-0.2, 0) is 6.54 Å². The highest BCUT2D eigenvalue weighted by molar-refractivity contribution is 14.0. The van der Waals surface area contributed by atoms with Gasteiger partial charge in [-0.25, -0.2) is 4.99 Å². The van der Waals surface area contributed by atoms with Crippen LogP contribution in [0.25, 0.3) is 0 Å². The molecule has 1 aromatic carbocycles. The van der Waals surface area contributed by atoms with Gasteiger partial charge in [-0.1, -0.05) is 26.0 Å². The van der Waals surface area contributed by atoms with Crippen LogP contribution in [0.15, 0.2) is 47.6 Å². The lowest BCUT2D eigenvalue weighted by molar-refractivity contribution is 0.867. The highest BCUT2D eigenvalue weighted by Crippen LogP contribution is 2.19. The van der Waals surface area contributed by atoms with E-state index >= 15 is 0 Å². The van der Waals surface area contributed by atoms with Crippen LogP contribution in [0.1, 0.15) is 31.0 Å². The molecule has 2 rings (SSSR count). The van der Waals surface area contributed by atoms with Gasteiger partial charge in [0.25, 0.3) is 0 Å². The van der Waals surface area contributed by atoms with Gasteiger partial charge >= 0.3 is 0 Å². The highest BCUT2D eigenvalue weighted by Gasteiger charge is 2.05. The van der Waals surface area contributed by atoms with Crippen molar-refractivity contribution >= 4 is 41.3 Å². The van der Waals surface area contributed by atoms with E-state index in [0.717, 1.165) is 17.1 Å². The Balaban J connectivity index is 0.00000288. The first-order valence-electron chi connectivity index (χ1n) is 7.75. The Kier molecular flexibility index (Phi) is 7.97. The number of rotatable bonds is 5. The Labute approximate surface area is 161 Å². The number of aromatic nitrogens is 1. The van der Waals surface area contributed by atoms with E-state index in [1.165, 1.54) is 5.56 Å². The summed E-state index contributed by atoms with van der Waals surface area (Å²) in [4.78, 5) is 10.8. The highest BCUT2D eigenvalue weighted by atomic mass is 127. The largest absolute Gasteiger partial charge is 0.376 e. The maximum absolute atomic E-state index is 6.00. The number of nitrogens with two attached hydrogens (primary N) is 1. The van der Waals surface area contributed by atoms with E-state index in [-0.39, 0.29) is 24.0 Å². The van der Waals surface area contributed by atoms with Crippen LogP contribution >= 0.6 is 24.0 Å². The summed E-state index contributed by atoms with van der Waals surface area (Å²) in [6.45, 7) is 4.78. The molecule has 0 aliphatic rings. The van der Waals surface area contributed by atoms with Crippen LogP contribution in [0.4, 0.5) is 11.4 Å². The summed E-state index contributed by atoms with van der Waals surface area (Å²) < 4.78 is 0. The minimum atomic E-state index is 0. The number of halogens is 1. The molecule has 0 spiro atoms. The Bertz CT molecular complexity index is 683. The van der Waals surface area contributed by atoms with E-state index < -0.39 is 0 Å². The van der Waals surface area contributed by atoms with Crippen LogP contribution in [0.5, 0.6) is 0 Å². The molecule has 0 saturated heterocycles. The van der Waals surface area contributed by atoms with Gasteiger partial charge in [-0.2, -0.15) is 0 Å². The molecule has 1 heterocycles. The van der Waals surface area contributed by atoms with Crippen molar-refractivity contribution in [3.8, 4) is 0 Å². The van der Waals surface area contributed by atoms with Crippen molar-refractivity contribution in [2.75, 3.05) is 24.3 Å². The van der Waals surface area contributed by atoms with Gasteiger partial charge in [-0.15, -0.1) is 24.0 Å². The van der Waals surface area contributed by atoms with Gasteiger partial charge in [0.15, 0.2) is 5.96 Å². The van der Waals surface area contributed by atoms with Gasteiger partial charge in [0.1, 0.15) is 0 Å². The molecule has 0 unspecified atom stereocenters. The number of hydrogen-bond acceptors (Lipinski definition) is 3. The monoisotopic (exact) mass is 439 g/mol. The fourth-order valence-electron chi connectivity index (χ4n) is 2.28. The molecule has 0 amide bonds. The Morgan fingerprint density at radius 1 is 1.25 bits per heavy atom. The molecule has 24 heavy (non-hydrogen) atoms. The van der Waals surface area contributed by atoms with E-state index in [0.29, 0.717) is 18.4 Å². The molecule has 5 nitrogen and oxygen atoms in total. The average Bonchev–Trinajstić information content (AvgIpc) is 2.53. The Morgan fingerprint density at radius 3 is 2.67 bits per heavy atom. The number of hydrogen-bond donors (Lipinski definition) is 2. The minimum Gasteiger partial charge on any atom is -0.376 e. The molecule has 0 atom stereocenters. The van der Waals surface area contributed by atoms with Crippen LogP contribution in [0.2, 0.25) is 0 Å². The van der Waals surface area contributed by atoms with Crippen molar-refractivity contribution in [3.05, 3.63) is 53.9 Å². The number of nitrogens with one attached hydrogen (secondary N) is 1. The molecule has 0 fully saturated rings. The number of anilines is 2. The van der Waals surface area contributed by atoms with E-state index in [9.17, 15) is 0 Å². The summed E-state index contributed by atoms with van der Waals surface area (Å²) in [6, 6.07) is 12.2. The van der Waals surface area contributed by atoms with Crippen molar-refractivity contribution < 1.29 is 0 Å². The zero-order valence-corrected chi connectivity index (χ0v) is 17.0. The molecule has 3 N–H and O–H groups in total. The number of pyridine rings is 1. The Morgan fingerprint density at radius 2 is 2.00 bits per heavy atom. The average molecular weight is 439 g/mol. The molecule has 6 heteroatoms. The number of benzene rings is 1. The molecular formula is C18H26IN5. The number of nitrogens with zero attached hydrogens (tertiary/aromatic N) is 3. The second-order valence-corrected chi connectivity index (χ2v) is 5.97. The van der Waals surface area contributed by atoms with Gasteiger partial charge in [0.2, 0.25) is 0 Å².